The van der Waals surface area contributed by atoms with Gasteiger partial charge >= 0.3 is 0 Å². The standard InChI is InChI=1S/C27H23BrO2/c1-27(2,3)18-13-16-7-11-20-23(15-5-9-19(30-4)10-6-15)26(29)25(28)21-12-8-17(14-18)22(16)24(20)21/h5-14,29H,1-4H3. The molecule has 0 saturated heterocycles. The van der Waals surface area contributed by atoms with Gasteiger partial charge in [-0.1, -0.05) is 69.3 Å². The summed E-state index contributed by atoms with van der Waals surface area (Å²) in [6.45, 7) is 6.74. The molecule has 0 aliphatic heterocycles. The molecule has 0 atom stereocenters. The van der Waals surface area contributed by atoms with Crippen molar-refractivity contribution in [3.63, 3.8) is 0 Å². The lowest BCUT2D eigenvalue weighted by atomic mass is 9.82. The average Bonchev–Trinajstić information content (AvgIpc) is 2.74. The summed E-state index contributed by atoms with van der Waals surface area (Å²) in [6, 6.07) is 21.0. The molecule has 5 aromatic carbocycles. The predicted molar refractivity (Wildman–Crippen MR) is 130 cm³/mol. The van der Waals surface area contributed by atoms with Gasteiger partial charge in [-0.15, -0.1) is 0 Å². The zero-order valence-corrected chi connectivity index (χ0v) is 19.1. The summed E-state index contributed by atoms with van der Waals surface area (Å²) >= 11 is 3.67. The molecular formula is C27H23BrO2. The lowest BCUT2D eigenvalue weighted by Gasteiger charge is -2.22. The maximum atomic E-state index is 11.1. The molecule has 0 aliphatic carbocycles. The summed E-state index contributed by atoms with van der Waals surface area (Å²) in [5, 5.41) is 18.1. The van der Waals surface area contributed by atoms with E-state index in [2.05, 4.69) is 73.1 Å². The SMILES string of the molecule is COc1ccc(-c2c(O)c(Br)c3ccc4cc(C(C)(C)C)cc5ccc2c3c45)cc1. The summed E-state index contributed by atoms with van der Waals surface area (Å²) in [4.78, 5) is 0. The van der Waals surface area contributed by atoms with Gasteiger partial charge < -0.3 is 9.84 Å². The van der Waals surface area contributed by atoms with Crippen LogP contribution in [0.3, 0.4) is 0 Å². The van der Waals surface area contributed by atoms with Gasteiger partial charge in [0, 0.05) is 10.9 Å². The molecule has 0 aliphatic rings. The topological polar surface area (TPSA) is 29.5 Å². The minimum absolute atomic E-state index is 0.0809. The van der Waals surface area contributed by atoms with Crippen molar-refractivity contribution in [1.82, 2.24) is 0 Å². The number of halogens is 1. The van der Waals surface area contributed by atoms with E-state index in [0.29, 0.717) is 0 Å². The quantitative estimate of drug-likeness (QED) is 0.271. The average molecular weight is 459 g/mol. The van der Waals surface area contributed by atoms with Crippen molar-refractivity contribution in [2.24, 2.45) is 0 Å². The van der Waals surface area contributed by atoms with Crippen LogP contribution in [0.2, 0.25) is 0 Å². The molecule has 1 N–H and O–H groups in total. The molecule has 0 radical (unpaired) electrons. The van der Waals surface area contributed by atoms with Crippen LogP contribution in [-0.4, -0.2) is 12.2 Å². The molecule has 2 nitrogen and oxygen atoms in total. The number of rotatable bonds is 2. The third-order valence-corrected chi connectivity index (χ3v) is 6.85. The third kappa shape index (κ3) is 2.76. The molecule has 150 valence electrons. The van der Waals surface area contributed by atoms with Crippen LogP contribution in [0.5, 0.6) is 11.5 Å². The Morgan fingerprint density at radius 2 is 1.40 bits per heavy atom. The number of phenols is 1. The van der Waals surface area contributed by atoms with Crippen LogP contribution in [0.25, 0.3) is 43.4 Å². The number of hydrogen-bond donors (Lipinski definition) is 1. The van der Waals surface area contributed by atoms with Gasteiger partial charge in [0.2, 0.25) is 0 Å². The minimum atomic E-state index is 0.0809. The summed E-state index contributed by atoms with van der Waals surface area (Å²) < 4.78 is 6.04. The fourth-order valence-electron chi connectivity index (χ4n) is 4.41. The van der Waals surface area contributed by atoms with E-state index >= 15 is 0 Å². The molecule has 0 saturated carbocycles. The van der Waals surface area contributed by atoms with Crippen LogP contribution in [0.4, 0.5) is 0 Å². The zero-order valence-electron chi connectivity index (χ0n) is 17.5. The number of methoxy groups -OCH3 is 1. The maximum Gasteiger partial charge on any atom is 0.138 e. The molecule has 30 heavy (non-hydrogen) atoms. The van der Waals surface area contributed by atoms with Crippen molar-refractivity contribution in [3.8, 4) is 22.6 Å². The van der Waals surface area contributed by atoms with Crippen molar-refractivity contribution in [3.05, 3.63) is 70.7 Å². The first-order valence-electron chi connectivity index (χ1n) is 10.1. The molecule has 0 spiro atoms. The monoisotopic (exact) mass is 458 g/mol. The first-order chi connectivity index (χ1) is 14.3. The molecule has 5 aromatic rings. The number of hydrogen-bond acceptors (Lipinski definition) is 2. The van der Waals surface area contributed by atoms with Gasteiger partial charge in [0.25, 0.3) is 0 Å². The van der Waals surface area contributed by atoms with E-state index in [1.54, 1.807) is 7.11 Å². The predicted octanol–water partition coefficient (Wildman–Crippen LogP) is 8.03. The Morgan fingerprint density at radius 3 is 1.97 bits per heavy atom. The highest BCUT2D eigenvalue weighted by Crippen LogP contribution is 2.49. The smallest absolute Gasteiger partial charge is 0.138 e. The molecule has 5 rings (SSSR count). The largest absolute Gasteiger partial charge is 0.506 e. The highest BCUT2D eigenvalue weighted by molar-refractivity contribution is 9.10. The molecule has 0 amide bonds. The third-order valence-electron chi connectivity index (χ3n) is 6.04. The van der Waals surface area contributed by atoms with Gasteiger partial charge in [-0.2, -0.15) is 0 Å². The number of phenolic OH excluding ortho intramolecular Hbond substituents is 1. The summed E-state index contributed by atoms with van der Waals surface area (Å²) in [5.74, 6) is 1.06. The van der Waals surface area contributed by atoms with Crippen molar-refractivity contribution >= 4 is 48.2 Å². The fourth-order valence-corrected chi connectivity index (χ4v) is 4.93. The maximum absolute atomic E-state index is 11.1. The van der Waals surface area contributed by atoms with Crippen LogP contribution in [0.1, 0.15) is 26.3 Å². The lowest BCUT2D eigenvalue weighted by Crippen LogP contribution is -2.10. The molecule has 3 heteroatoms. The Balaban J connectivity index is 1.92. The van der Waals surface area contributed by atoms with Crippen LogP contribution in [0, 0.1) is 0 Å². The first-order valence-corrected chi connectivity index (χ1v) is 10.9. The van der Waals surface area contributed by atoms with Crippen molar-refractivity contribution in [2.45, 2.75) is 26.2 Å². The van der Waals surface area contributed by atoms with E-state index in [9.17, 15) is 5.11 Å². The summed E-state index contributed by atoms with van der Waals surface area (Å²) in [5.41, 5.74) is 3.21. The molecule has 0 heterocycles. The molecule has 0 fully saturated rings. The van der Waals surface area contributed by atoms with Crippen LogP contribution in [0.15, 0.2) is 65.1 Å². The molecule has 0 aromatic heterocycles. The Hall–Kier alpha value is -2.78. The second-order valence-corrected chi connectivity index (χ2v) is 9.71. The van der Waals surface area contributed by atoms with Crippen LogP contribution in [-0.2, 0) is 5.41 Å². The van der Waals surface area contributed by atoms with Crippen LogP contribution >= 0.6 is 15.9 Å². The molecule has 0 bridgehead atoms. The Morgan fingerprint density at radius 1 is 0.800 bits per heavy atom. The number of ether oxygens (including phenoxy) is 1. The zero-order chi connectivity index (χ0) is 21.2. The molecular weight excluding hydrogens is 436 g/mol. The first kappa shape index (κ1) is 19.2. The second-order valence-electron chi connectivity index (χ2n) is 8.91. The molecule has 0 unspecified atom stereocenters. The van der Waals surface area contributed by atoms with Gasteiger partial charge in [0.05, 0.1) is 11.6 Å². The van der Waals surface area contributed by atoms with E-state index < -0.39 is 0 Å². The van der Waals surface area contributed by atoms with Gasteiger partial charge in [0.1, 0.15) is 11.5 Å². The van der Waals surface area contributed by atoms with Gasteiger partial charge in [-0.3, -0.25) is 0 Å². The highest BCUT2D eigenvalue weighted by atomic mass is 79.9. The van der Waals surface area contributed by atoms with E-state index in [1.807, 2.05) is 24.3 Å². The van der Waals surface area contributed by atoms with E-state index in [4.69, 9.17) is 4.74 Å². The van der Waals surface area contributed by atoms with Gasteiger partial charge in [-0.25, -0.2) is 0 Å². The Kier molecular flexibility index (Phi) is 4.23. The summed E-state index contributed by atoms with van der Waals surface area (Å²) in [6.07, 6.45) is 0. The number of aromatic hydroxyl groups is 1. The van der Waals surface area contributed by atoms with Gasteiger partial charge in [-0.05, 0) is 71.5 Å². The fraction of sp³-hybridized carbons (Fsp3) is 0.185. The Labute approximate surface area is 184 Å². The normalized spacial score (nSPS) is 12.3. The highest BCUT2D eigenvalue weighted by Gasteiger charge is 2.21. The number of benzene rings is 5. The van der Waals surface area contributed by atoms with E-state index in [-0.39, 0.29) is 11.2 Å². The van der Waals surface area contributed by atoms with E-state index in [0.717, 1.165) is 32.1 Å². The second kappa shape index (κ2) is 6.61. The summed E-state index contributed by atoms with van der Waals surface area (Å²) in [7, 11) is 1.66. The van der Waals surface area contributed by atoms with Crippen molar-refractivity contribution in [1.29, 1.82) is 0 Å². The van der Waals surface area contributed by atoms with E-state index in [1.165, 1.54) is 27.1 Å². The van der Waals surface area contributed by atoms with Crippen molar-refractivity contribution < 1.29 is 9.84 Å². The Bertz CT molecular complexity index is 1390. The van der Waals surface area contributed by atoms with Crippen LogP contribution < -0.4 is 4.74 Å². The van der Waals surface area contributed by atoms with Crippen molar-refractivity contribution in [2.75, 3.05) is 7.11 Å². The van der Waals surface area contributed by atoms with Gasteiger partial charge in [0.15, 0.2) is 0 Å². The minimum Gasteiger partial charge on any atom is -0.506 e. The lowest BCUT2D eigenvalue weighted by molar-refractivity contribution is 0.415.